The summed E-state index contributed by atoms with van der Waals surface area (Å²) < 4.78 is 5.86. The largest absolute Gasteiger partial charge is 0.481 e. The van der Waals surface area contributed by atoms with Crippen LogP contribution >= 0.6 is 0 Å². The molecule has 1 N–H and O–H groups in total. The zero-order valence-corrected chi connectivity index (χ0v) is 28.8. The van der Waals surface area contributed by atoms with Crippen LogP contribution < -0.4 is 0 Å². The molecule has 0 fully saturated rings. The summed E-state index contributed by atoms with van der Waals surface area (Å²) in [6.07, 6.45) is 43.5. The standard InChI is InChI=1S/C39H72O4/c1-3-5-7-9-11-13-14-15-16-17-18-19-20-21-22-24-26-32-36-39(42)43-37(34-30-27-28-31-35-38(40)41)33-29-25-23-12-10-8-6-4-2/h16-17,29,33,37H,3-15,18-28,30-32,34-36H2,1-2H3,(H,40,41)/b17-16-,33-29-. The van der Waals surface area contributed by atoms with E-state index >= 15 is 0 Å². The summed E-state index contributed by atoms with van der Waals surface area (Å²) in [5, 5.41) is 8.81. The number of carbonyl (C=O) groups is 2. The van der Waals surface area contributed by atoms with Gasteiger partial charge in [0.05, 0.1) is 0 Å². The lowest BCUT2D eigenvalue weighted by Gasteiger charge is -2.15. The molecule has 0 aromatic rings. The van der Waals surface area contributed by atoms with Gasteiger partial charge in [0.15, 0.2) is 0 Å². The average molecular weight is 605 g/mol. The molecule has 0 amide bonds. The van der Waals surface area contributed by atoms with E-state index in [-0.39, 0.29) is 18.5 Å². The molecular formula is C39H72O4. The van der Waals surface area contributed by atoms with Gasteiger partial charge in [-0.2, -0.15) is 0 Å². The molecule has 0 aromatic carbocycles. The van der Waals surface area contributed by atoms with Gasteiger partial charge in [0.25, 0.3) is 0 Å². The van der Waals surface area contributed by atoms with Gasteiger partial charge in [0.2, 0.25) is 0 Å². The van der Waals surface area contributed by atoms with E-state index in [1.807, 2.05) is 0 Å². The Morgan fingerprint density at radius 2 is 0.907 bits per heavy atom. The number of hydrogen-bond donors (Lipinski definition) is 1. The molecule has 0 saturated heterocycles. The van der Waals surface area contributed by atoms with Crippen LogP contribution in [0.4, 0.5) is 0 Å². The summed E-state index contributed by atoms with van der Waals surface area (Å²) in [5.41, 5.74) is 0. The lowest BCUT2D eigenvalue weighted by atomic mass is 10.1. The highest BCUT2D eigenvalue weighted by molar-refractivity contribution is 5.69. The van der Waals surface area contributed by atoms with Crippen molar-refractivity contribution in [3.63, 3.8) is 0 Å². The van der Waals surface area contributed by atoms with Gasteiger partial charge >= 0.3 is 11.9 Å². The van der Waals surface area contributed by atoms with Crippen molar-refractivity contribution in [3.05, 3.63) is 24.3 Å². The molecule has 1 unspecified atom stereocenters. The van der Waals surface area contributed by atoms with Crippen LogP contribution in [0.5, 0.6) is 0 Å². The fraction of sp³-hybridized carbons (Fsp3) is 0.846. The summed E-state index contributed by atoms with van der Waals surface area (Å²) in [7, 11) is 0. The molecule has 0 saturated carbocycles. The fourth-order valence-corrected chi connectivity index (χ4v) is 5.56. The molecule has 4 nitrogen and oxygen atoms in total. The van der Waals surface area contributed by atoms with Crippen molar-refractivity contribution in [2.24, 2.45) is 0 Å². The molecule has 0 aliphatic carbocycles. The minimum Gasteiger partial charge on any atom is -0.481 e. The van der Waals surface area contributed by atoms with E-state index in [2.05, 4.69) is 38.2 Å². The molecule has 0 aliphatic heterocycles. The van der Waals surface area contributed by atoms with Crippen LogP contribution in [-0.4, -0.2) is 23.1 Å². The zero-order chi connectivity index (χ0) is 31.5. The number of esters is 1. The molecule has 43 heavy (non-hydrogen) atoms. The third-order valence-corrected chi connectivity index (χ3v) is 8.38. The maximum absolute atomic E-state index is 12.5. The number of carbonyl (C=O) groups excluding carboxylic acids is 1. The highest BCUT2D eigenvalue weighted by Gasteiger charge is 2.11. The summed E-state index contributed by atoms with van der Waals surface area (Å²) in [6.45, 7) is 4.52. The molecule has 0 radical (unpaired) electrons. The van der Waals surface area contributed by atoms with Crippen LogP contribution in [0, 0.1) is 0 Å². The second kappa shape index (κ2) is 34.9. The summed E-state index contributed by atoms with van der Waals surface area (Å²) in [4.78, 5) is 23.2. The van der Waals surface area contributed by atoms with E-state index in [0.29, 0.717) is 6.42 Å². The Morgan fingerprint density at radius 3 is 1.40 bits per heavy atom. The van der Waals surface area contributed by atoms with Crippen molar-refractivity contribution in [2.45, 2.75) is 213 Å². The van der Waals surface area contributed by atoms with Crippen LogP contribution in [0.1, 0.15) is 206 Å². The SMILES string of the molecule is CCCCCCCC/C=C\C(CCCCCCC(=O)O)OC(=O)CCCCCCCCC/C=C\CCCCCCCCC. The predicted molar refractivity (Wildman–Crippen MR) is 186 cm³/mol. The van der Waals surface area contributed by atoms with Crippen molar-refractivity contribution in [1.29, 1.82) is 0 Å². The van der Waals surface area contributed by atoms with Crippen LogP contribution in [0.25, 0.3) is 0 Å². The Labute approximate surface area is 267 Å². The van der Waals surface area contributed by atoms with Crippen LogP contribution in [0.2, 0.25) is 0 Å². The number of hydrogen-bond acceptors (Lipinski definition) is 3. The van der Waals surface area contributed by atoms with E-state index in [1.165, 1.54) is 128 Å². The van der Waals surface area contributed by atoms with Gasteiger partial charge in [-0.15, -0.1) is 0 Å². The smallest absolute Gasteiger partial charge is 0.306 e. The van der Waals surface area contributed by atoms with Gasteiger partial charge in [0, 0.05) is 12.8 Å². The first kappa shape index (κ1) is 41.4. The van der Waals surface area contributed by atoms with Crippen LogP contribution in [-0.2, 0) is 14.3 Å². The molecule has 252 valence electrons. The second-order valence-corrected chi connectivity index (χ2v) is 12.8. The number of rotatable bonds is 34. The normalized spacial score (nSPS) is 12.4. The first-order valence-electron chi connectivity index (χ1n) is 18.8. The average Bonchev–Trinajstić information content (AvgIpc) is 2.99. The minimum absolute atomic E-state index is 0.0663. The summed E-state index contributed by atoms with van der Waals surface area (Å²) in [5.74, 6) is -0.787. The summed E-state index contributed by atoms with van der Waals surface area (Å²) in [6, 6.07) is 0. The van der Waals surface area contributed by atoms with Gasteiger partial charge in [0.1, 0.15) is 6.10 Å². The highest BCUT2D eigenvalue weighted by atomic mass is 16.5. The maximum atomic E-state index is 12.5. The highest BCUT2D eigenvalue weighted by Crippen LogP contribution is 2.16. The molecule has 0 spiro atoms. The van der Waals surface area contributed by atoms with Crippen molar-refractivity contribution in [1.82, 2.24) is 0 Å². The van der Waals surface area contributed by atoms with Gasteiger partial charge in [-0.3, -0.25) is 9.59 Å². The Bertz CT molecular complexity index is 654. The van der Waals surface area contributed by atoms with Crippen LogP contribution in [0.15, 0.2) is 24.3 Å². The second-order valence-electron chi connectivity index (χ2n) is 12.8. The van der Waals surface area contributed by atoms with E-state index in [0.717, 1.165) is 51.4 Å². The quantitative estimate of drug-likeness (QED) is 0.0451. The van der Waals surface area contributed by atoms with Crippen molar-refractivity contribution in [2.75, 3.05) is 0 Å². The lowest BCUT2D eigenvalue weighted by molar-refractivity contribution is -0.147. The van der Waals surface area contributed by atoms with Gasteiger partial charge in [-0.25, -0.2) is 0 Å². The van der Waals surface area contributed by atoms with E-state index in [9.17, 15) is 9.59 Å². The maximum Gasteiger partial charge on any atom is 0.306 e. The van der Waals surface area contributed by atoms with E-state index < -0.39 is 5.97 Å². The number of ether oxygens (including phenoxy) is 1. The zero-order valence-electron chi connectivity index (χ0n) is 28.8. The fourth-order valence-electron chi connectivity index (χ4n) is 5.56. The van der Waals surface area contributed by atoms with Gasteiger partial charge < -0.3 is 9.84 Å². The van der Waals surface area contributed by atoms with Crippen molar-refractivity contribution in [3.8, 4) is 0 Å². The lowest BCUT2D eigenvalue weighted by Crippen LogP contribution is -2.16. The Morgan fingerprint density at radius 1 is 0.512 bits per heavy atom. The molecule has 0 rings (SSSR count). The van der Waals surface area contributed by atoms with Crippen molar-refractivity contribution < 1.29 is 19.4 Å². The first-order valence-corrected chi connectivity index (χ1v) is 18.8. The van der Waals surface area contributed by atoms with Crippen molar-refractivity contribution >= 4 is 11.9 Å². The third kappa shape index (κ3) is 34.8. The number of allylic oxidation sites excluding steroid dienone is 3. The molecule has 0 bridgehead atoms. The Kier molecular flexibility index (Phi) is 33.6. The van der Waals surface area contributed by atoms with E-state index in [1.54, 1.807) is 0 Å². The number of aliphatic carboxylic acids is 1. The predicted octanol–water partition coefficient (Wildman–Crippen LogP) is 12.8. The van der Waals surface area contributed by atoms with E-state index in [4.69, 9.17) is 9.84 Å². The Balaban J connectivity index is 3.92. The van der Waals surface area contributed by atoms with Crippen LogP contribution in [0.3, 0.4) is 0 Å². The molecule has 0 aliphatic rings. The van der Waals surface area contributed by atoms with Gasteiger partial charge in [-0.05, 0) is 70.3 Å². The summed E-state index contributed by atoms with van der Waals surface area (Å²) >= 11 is 0. The molecular weight excluding hydrogens is 532 g/mol. The molecule has 4 heteroatoms. The Hall–Kier alpha value is -1.58. The minimum atomic E-state index is -0.721. The monoisotopic (exact) mass is 605 g/mol. The molecule has 1 atom stereocenters. The topological polar surface area (TPSA) is 63.6 Å². The third-order valence-electron chi connectivity index (χ3n) is 8.38. The first-order chi connectivity index (χ1) is 21.1. The van der Waals surface area contributed by atoms with Gasteiger partial charge in [-0.1, -0.05) is 148 Å². The number of unbranched alkanes of at least 4 members (excludes halogenated alkanes) is 23. The number of carboxylic acid groups (broad SMARTS) is 1. The molecule has 0 aromatic heterocycles. The number of carboxylic acids is 1. The molecule has 0 heterocycles.